The Bertz CT molecular complexity index is 1470. The molecule has 1 atom stereocenters. The molecule has 2 heterocycles. The average Bonchev–Trinajstić information content (AvgIpc) is 3.50. The standard InChI is InChI=1S/C29H27FN4O/c1-19-8-10-20(11-9-19)14-15-31-27(21-6-4-3-5-7-21)29(35)25-17-32-28-24(25)13-12-23(26(28)30)22-16-33-34(2)18-22/h3-13,16-18,27,31-32H,14-15H2,1-2H3/t27-/m1/s1. The zero-order valence-corrected chi connectivity index (χ0v) is 19.8. The van der Waals surface area contributed by atoms with Gasteiger partial charge >= 0.3 is 0 Å². The largest absolute Gasteiger partial charge is 0.358 e. The van der Waals surface area contributed by atoms with E-state index >= 15 is 4.39 Å². The number of halogens is 1. The second-order valence-corrected chi connectivity index (χ2v) is 8.85. The van der Waals surface area contributed by atoms with E-state index in [1.807, 2.05) is 30.3 Å². The predicted octanol–water partition coefficient (Wildman–Crippen LogP) is 5.77. The molecule has 5 nitrogen and oxygen atoms in total. The molecule has 2 aromatic heterocycles. The Balaban J connectivity index is 1.44. The van der Waals surface area contributed by atoms with Crippen LogP contribution in [0.4, 0.5) is 4.39 Å². The van der Waals surface area contributed by atoms with Crippen LogP contribution in [0.5, 0.6) is 0 Å². The van der Waals surface area contributed by atoms with Crippen LogP contribution in [0.3, 0.4) is 0 Å². The third kappa shape index (κ3) is 4.66. The van der Waals surface area contributed by atoms with Crippen molar-refractivity contribution in [2.75, 3.05) is 6.54 Å². The maximum atomic E-state index is 15.4. The summed E-state index contributed by atoms with van der Waals surface area (Å²) in [7, 11) is 1.79. The van der Waals surface area contributed by atoms with Gasteiger partial charge in [-0.05, 0) is 24.5 Å². The highest BCUT2D eigenvalue weighted by molar-refractivity contribution is 6.11. The summed E-state index contributed by atoms with van der Waals surface area (Å²) in [6, 6.07) is 21.0. The summed E-state index contributed by atoms with van der Waals surface area (Å²) < 4.78 is 17.0. The van der Waals surface area contributed by atoms with Crippen molar-refractivity contribution in [2.24, 2.45) is 7.05 Å². The fourth-order valence-electron chi connectivity index (χ4n) is 4.43. The molecular formula is C29H27FN4O. The highest BCUT2D eigenvalue weighted by Gasteiger charge is 2.25. The van der Waals surface area contributed by atoms with Crippen molar-refractivity contribution >= 4 is 16.7 Å². The van der Waals surface area contributed by atoms with Gasteiger partial charge in [0, 0.05) is 48.1 Å². The van der Waals surface area contributed by atoms with Crippen molar-refractivity contribution < 1.29 is 9.18 Å². The summed E-state index contributed by atoms with van der Waals surface area (Å²) >= 11 is 0. The zero-order chi connectivity index (χ0) is 24.4. The van der Waals surface area contributed by atoms with Crippen LogP contribution in [0.1, 0.15) is 33.1 Å². The van der Waals surface area contributed by atoms with E-state index in [1.165, 1.54) is 11.1 Å². The van der Waals surface area contributed by atoms with Crippen molar-refractivity contribution in [3.8, 4) is 11.1 Å². The highest BCUT2D eigenvalue weighted by atomic mass is 19.1. The van der Waals surface area contributed by atoms with E-state index in [4.69, 9.17) is 0 Å². The van der Waals surface area contributed by atoms with Crippen LogP contribution in [0.25, 0.3) is 22.0 Å². The maximum Gasteiger partial charge on any atom is 0.186 e. The Morgan fingerprint density at radius 1 is 1.09 bits per heavy atom. The number of ketones is 1. The highest BCUT2D eigenvalue weighted by Crippen LogP contribution is 2.31. The van der Waals surface area contributed by atoms with Gasteiger partial charge < -0.3 is 10.3 Å². The van der Waals surface area contributed by atoms with Crippen LogP contribution in [0.15, 0.2) is 85.3 Å². The summed E-state index contributed by atoms with van der Waals surface area (Å²) in [6.07, 6.45) is 5.81. The van der Waals surface area contributed by atoms with Crippen LogP contribution >= 0.6 is 0 Å². The number of carbonyl (C=O) groups excluding carboxylic acids is 1. The number of fused-ring (bicyclic) bond motifs is 1. The summed E-state index contributed by atoms with van der Waals surface area (Å²) in [5.41, 5.74) is 5.23. The first kappa shape index (κ1) is 22.7. The zero-order valence-electron chi connectivity index (χ0n) is 19.8. The molecule has 3 aromatic carbocycles. The Labute approximate surface area is 203 Å². The van der Waals surface area contributed by atoms with Crippen LogP contribution in [-0.4, -0.2) is 27.1 Å². The monoisotopic (exact) mass is 466 g/mol. The molecule has 0 bridgehead atoms. The minimum absolute atomic E-state index is 0.0973. The number of nitrogens with zero attached hydrogens (tertiary/aromatic N) is 2. The molecule has 35 heavy (non-hydrogen) atoms. The SMILES string of the molecule is Cc1ccc(CCN[C@@H](C(=O)c2c[nH]c3c(F)c(-c4cnn(C)c4)ccc23)c2ccccc2)cc1. The van der Waals surface area contributed by atoms with Gasteiger partial charge in [0.1, 0.15) is 0 Å². The molecule has 0 aliphatic heterocycles. The Morgan fingerprint density at radius 3 is 2.57 bits per heavy atom. The lowest BCUT2D eigenvalue weighted by molar-refractivity contribution is 0.0945. The van der Waals surface area contributed by atoms with Gasteiger partial charge in [0.2, 0.25) is 0 Å². The minimum atomic E-state index is -0.540. The first-order valence-electron chi connectivity index (χ1n) is 11.7. The smallest absolute Gasteiger partial charge is 0.186 e. The normalized spacial score (nSPS) is 12.2. The summed E-state index contributed by atoms with van der Waals surface area (Å²) in [5, 5.41) is 8.15. The molecule has 6 heteroatoms. The molecule has 0 unspecified atom stereocenters. The van der Waals surface area contributed by atoms with Crippen molar-refractivity contribution in [1.29, 1.82) is 0 Å². The van der Waals surface area contributed by atoms with E-state index in [0.717, 1.165) is 12.0 Å². The lowest BCUT2D eigenvalue weighted by atomic mass is 9.96. The maximum absolute atomic E-state index is 15.4. The van der Waals surface area contributed by atoms with Gasteiger partial charge in [0.15, 0.2) is 11.6 Å². The topological polar surface area (TPSA) is 62.7 Å². The second kappa shape index (κ2) is 9.68. The van der Waals surface area contributed by atoms with Gasteiger partial charge in [0.05, 0.1) is 17.8 Å². The number of benzene rings is 3. The molecule has 0 saturated heterocycles. The number of Topliss-reactive ketones (excluding diaryl/α,β-unsaturated/α-hetero) is 1. The van der Waals surface area contributed by atoms with E-state index in [9.17, 15) is 4.79 Å². The number of rotatable bonds is 8. The van der Waals surface area contributed by atoms with Crippen molar-refractivity contribution in [3.63, 3.8) is 0 Å². The third-order valence-electron chi connectivity index (χ3n) is 6.35. The van der Waals surface area contributed by atoms with Crippen LogP contribution in [0.2, 0.25) is 0 Å². The van der Waals surface area contributed by atoms with Crippen molar-refractivity contribution in [3.05, 3.63) is 113 Å². The molecule has 0 saturated carbocycles. The fraction of sp³-hybridized carbons (Fsp3) is 0.172. The second-order valence-electron chi connectivity index (χ2n) is 8.85. The van der Waals surface area contributed by atoms with Crippen molar-refractivity contribution in [1.82, 2.24) is 20.1 Å². The number of H-pyrrole nitrogens is 1. The fourth-order valence-corrected chi connectivity index (χ4v) is 4.43. The first-order chi connectivity index (χ1) is 17.0. The van der Waals surface area contributed by atoms with E-state index in [1.54, 1.807) is 42.5 Å². The molecule has 0 aliphatic carbocycles. The molecule has 2 N–H and O–H groups in total. The quantitative estimate of drug-likeness (QED) is 0.285. The Kier molecular flexibility index (Phi) is 6.29. The van der Waals surface area contributed by atoms with Crippen molar-refractivity contribution in [2.45, 2.75) is 19.4 Å². The van der Waals surface area contributed by atoms with Crippen LogP contribution < -0.4 is 5.32 Å². The molecule has 0 amide bonds. The van der Waals surface area contributed by atoms with E-state index in [-0.39, 0.29) is 5.78 Å². The minimum Gasteiger partial charge on any atom is -0.358 e. The molecule has 0 aliphatic rings. The van der Waals surface area contributed by atoms with Crippen LogP contribution in [0, 0.1) is 12.7 Å². The first-order valence-corrected chi connectivity index (χ1v) is 11.7. The Hall–Kier alpha value is -4.03. The molecule has 5 rings (SSSR count). The van der Waals surface area contributed by atoms with Gasteiger partial charge in [-0.3, -0.25) is 9.48 Å². The number of carbonyl (C=O) groups is 1. The summed E-state index contributed by atoms with van der Waals surface area (Å²) in [5.74, 6) is -0.488. The molecule has 0 spiro atoms. The van der Waals surface area contributed by atoms with Gasteiger partial charge in [-0.2, -0.15) is 5.10 Å². The third-order valence-corrected chi connectivity index (χ3v) is 6.35. The number of aromatic nitrogens is 3. The van der Waals surface area contributed by atoms with Gasteiger partial charge in [0.25, 0.3) is 0 Å². The summed E-state index contributed by atoms with van der Waals surface area (Å²) in [6.45, 7) is 2.70. The van der Waals surface area contributed by atoms with Crippen LogP contribution in [-0.2, 0) is 13.5 Å². The molecular weight excluding hydrogens is 439 g/mol. The number of hydrogen-bond donors (Lipinski definition) is 2. The number of hydrogen-bond acceptors (Lipinski definition) is 3. The average molecular weight is 467 g/mol. The Morgan fingerprint density at radius 2 is 1.86 bits per heavy atom. The number of aromatic amines is 1. The lowest BCUT2D eigenvalue weighted by Crippen LogP contribution is -2.30. The number of nitrogens with one attached hydrogen (secondary N) is 2. The van der Waals surface area contributed by atoms with Gasteiger partial charge in [-0.15, -0.1) is 0 Å². The molecule has 176 valence electrons. The van der Waals surface area contributed by atoms with E-state index in [2.05, 4.69) is 46.6 Å². The van der Waals surface area contributed by atoms with Gasteiger partial charge in [-0.25, -0.2) is 4.39 Å². The summed E-state index contributed by atoms with van der Waals surface area (Å²) in [4.78, 5) is 16.8. The predicted molar refractivity (Wildman–Crippen MR) is 137 cm³/mol. The van der Waals surface area contributed by atoms with Gasteiger partial charge in [-0.1, -0.05) is 72.3 Å². The molecule has 0 fully saturated rings. The lowest BCUT2D eigenvalue weighted by Gasteiger charge is -2.18. The number of aryl methyl sites for hydroxylation is 2. The molecule has 0 radical (unpaired) electrons. The molecule has 5 aromatic rings. The van der Waals surface area contributed by atoms with E-state index < -0.39 is 11.9 Å². The van der Waals surface area contributed by atoms with E-state index in [0.29, 0.717) is 34.1 Å².